The molecule has 0 aliphatic carbocycles. The first kappa shape index (κ1) is 17.3. The van der Waals surface area contributed by atoms with E-state index in [0.29, 0.717) is 11.4 Å². The van der Waals surface area contributed by atoms with E-state index in [-0.39, 0.29) is 17.3 Å². The second kappa shape index (κ2) is 6.40. The lowest BCUT2D eigenvalue weighted by Crippen LogP contribution is -2.50. The average molecular weight is 360 g/mol. The van der Waals surface area contributed by atoms with Gasteiger partial charge < -0.3 is 9.64 Å². The van der Waals surface area contributed by atoms with Crippen LogP contribution in [0.2, 0.25) is 0 Å². The maximum atomic E-state index is 13.1. The van der Waals surface area contributed by atoms with Crippen LogP contribution in [-0.4, -0.2) is 46.0 Å². The topological polar surface area (TPSA) is 66.9 Å². The Morgan fingerprint density at radius 2 is 1.76 bits per heavy atom. The number of nitrogens with zero attached hydrogens (tertiary/aromatic N) is 2. The summed E-state index contributed by atoms with van der Waals surface area (Å²) in [5, 5.41) is 0. The summed E-state index contributed by atoms with van der Waals surface area (Å²) in [5.74, 6) is 0.100. The molecule has 132 valence electrons. The third-order valence-electron chi connectivity index (χ3n) is 4.06. The first-order chi connectivity index (χ1) is 11.8. The van der Waals surface area contributed by atoms with E-state index in [9.17, 15) is 13.2 Å². The summed E-state index contributed by atoms with van der Waals surface area (Å²) in [6.45, 7) is 1.83. The fourth-order valence-electron chi connectivity index (χ4n) is 2.68. The average Bonchev–Trinajstić information content (AvgIpc) is 2.60. The zero-order valence-corrected chi connectivity index (χ0v) is 15.2. The largest absolute Gasteiger partial charge is 0.476 e. The van der Waals surface area contributed by atoms with E-state index in [1.807, 2.05) is 6.92 Å². The highest BCUT2D eigenvalue weighted by atomic mass is 32.2. The Hall–Kier alpha value is -2.54. The van der Waals surface area contributed by atoms with Crippen molar-refractivity contribution in [3.63, 3.8) is 0 Å². The molecule has 1 atom stereocenters. The molecule has 0 fully saturated rings. The molecule has 7 heteroatoms. The van der Waals surface area contributed by atoms with E-state index in [2.05, 4.69) is 0 Å². The lowest BCUT2D eigenvalue weighted by Gasteiger charge is -2.35. The van der Waals surface area contributed by atoms with Crippen LogP contribution >= 0.6 is 0 Å². The van der Waals surface area contributed by atoms with Crippen molar-refractivity contribution in [3.05, 3.63) is 54.1 Å². The van der Waals surface area contributed by atoms with Crippen molar-refractivity contribution in [1.29, 1.82) is 0 Å². The summed E-state index contributed by atoms with van der Waals surface area (Å²) >= 11 is 0. The SMILES string of the molecule is Cc1ccc(S(=O)(=O)N2C[C@@H](C(=O)N(C)C)Oc3ccccc32)cc1. The molecule has 0 aromatic heterocycles. The number of benzene rings is 2. The van der Waals surface area contributed by atoms with E-state index >= 15 is 0 Å². The number of sulfonamides is 1. The highest BCUT2D eigenvalue weighted by Crippen LogP contribution is 2.37. The highest BCUT2D eigenvalue weighted by molar-refractivity contribution is 7.92. The van der Waals surface area contributed by atoms with Crippen LogP contribution in [0.1, 0.15) is 5.56 Å². The van der Waals surface area contributed by atoms with E-state index in [1.54, 1.807) is 62.6 Å². The molecule has 0 saturated carbocycles. The number of hydrogen-bond acceptors (Lipinski definition) is 4. The zero-order valence-electron chi connectivity index (χ0n) is 14.3. The lowest BCUT2D eigenvalue weighted by molar-refractivity contribution is -0.135. The highest BCUT2D eigenvalue weighted by Gasteiger charge is 2.37. The molecule has 2 aromatic rings. The molecule has 1 amide bonds. The number of amides is 1. The van der Waals surface area contributed by atoms with Crippen LogP contribution in [-0.2, 0) is 14.8 Å². The first-order valence-corrected chi connectivity index (χ1v) is 9.31. The Bertz CT molecular complexity index is 892. The van der Waals surface area contributed by atoms with Gasteiger partial charge >= 0.3 is 0 Å². The van der Waals surface area contributed by atoms with Gasteiger partial charge in [-0.2, -0.15) is 0 Å². The maximum Gasteiger partial charge on any atom is 0.265 e. The maximum absolute atomic E-state index is 13.1. The van der Waals surface area contributed by atoms with Gasteiger partial charge in [0.15, 0.2) is 6.10 Å². The summed E-state index contributed by atoms with van der Waals surface area (Å²) in [7, 11) is -0.570. The Labute approximate surface area is 147 Å². The van der Waals surface area contributed by atoms with Crippen LogP contribution in [0.15, 0.2) is 53.4 Å². The molecule has 6 nitrogen and oxygen atoms in total. The molecule has 2 aromatic carbocycles. The smallest absolute Gasteiger partial charge is 0.265 e. The van der Waals surface area contributed by atoms with Crippen LogP contribution in [0, 0.1) is 6.92 Å². The van der Waals surface area contributed by atoms with Crippen LogP contribution < -0.4 is 9.04 Å². The number of rotatable bonds is 3. The number of fused-ring (bicyclic) bond motifs is 1. The summed E-state index contributed by atoms with van der Waals surface area (Å²) < 4.78 is 33.3. The molecule has 25 heavy (non-hydrogen) atoms. The van der Waals surface area contributed by atoms with Crippen LogP contribution in [0.5, 0.6) is 5.75 Å². The molecule has 1 aliphatic rings. The van der Waals surface area contributed by atoms with Crippen molar-refractivity contribution in [2.75, 3.05) is 24.9 Å². The summed E-state index contributed by atoms with van der Waals surface area (Å²) in [6.07, 6.45) is -0.884. The third-order valence-corrected chi connectivity index (χ3v) is 5.85. The Kier molecular flexibility index (Phi) is 4.43. The number of anilines is 1. The molecular formula is C18H20N2O4S. The minimum atomic E-state index is -3.80. The predicted molar refractivity (Wildman–Crippen MR) is 95.3 cm³/mol. The van der Waals surface area contributed by atoms with Gasteiger partial charge in [-0.05, 0) is 31.2 Å². The first-order valence-electron chi connectivity index (χ1n) is 7.87. The molecule has 0 radical (unpaired) electrons. The Morgan fingerprint density at radius 1 is 1.12 bits per heavy atom. The van der Waals surface area contributed by atoms with E-state index in [0.717, 1.165) is 5.56 Å². The normalized spacial score (nSPS) is 16.8. The Balaban J connectivity index is 2.07. The standard InChI is InChI=1S/C18H20N2O4S/c1-13-8-10-14(11-9-13)25(22,23)20-12-17(18(21)19(2)3)24-16-7-5-4-6-15(16)20/h4-11,17H,12H2,1-3H3/t17-/m0/s1. The van der Waals surface area contributed by atoms with Gasteiger partial charge in [-0.25, -0.2) is 8.42 Å². The molecule has 0 spiro atoms. The van der Waals surface area contributed by atoms with Crippen molar-refractivity contribution >= 4 is 21.6 Å². The van der Waals surface area contributed by atoms with Gasteiger partial charge in [0.1, 0.15) is 5.75 Å². The summed E-state index contributed by atoms with van der Waals surface area (Å²) in [4.78, 5) is 13.9. The van der Waals surface area contributed by atoms with Gasteiger partial charge in [0.2, 0.25) is 0 Å². The lowest BCUT2D eigenvalue weighted by atomic mass is 10.2. The molecule has 3 rings (SSSR count). The second-order valence-electron chi connectivity index (χ2n) is 6.16. The number of para-hydroxylation sites is 2. The van der Waals surface area contributed by atoms with Crippen molar-refractivity contribution in [2.24, 2.45) is 0 Å². The fraction of sp³-hybridized carbons (Fsp3) is 0.278. The van der Waals surface area contributed by atoms with Gasteiger partial charge in [0.25, 0.3) is 15.9 Å². The number of carbonyl (C=O) groups is 1. The fourth-order valence-corrected chi connectivity index (χ4v) is 4.16. The van der Waals surface area contributed by atoms with E-state index in [4.69, 9.17) is 4.74 Å². The molecular weight excluding hydrogens is 340 g/mol. The zero-order chi connectivity index (χ0) is 18.2. The van der Waals surface area contributed by atoms with Crippen LogP contribution in [0.25, 0.3) is 0 Å². The van der Waals surface area contributed by atoms with Crippen molar-refractivity contribution < 1.29 is 17.9 Å². The van der Waals surface area contributed by atoms with Crippen molar-refractivity contribution in [3.8, 4) is 5.75 Å². The number of aryl methyl sites for hydroxylation is 1. The number of likely N-dealkylation sites (N-methyl/N-ethyl adjacent to an activating group) is 1. The summed E-state index contributed by atoms with van der Waals surface area (Å²) in [5.41, 5.74) is 1.41. The molecule has 1 heterocycles. The van der Waals surface area contributed by atoms with Gasteiger partial charge in [-0.3, -0.25) is 9.10 Å². The number of carbonyl (C=O) groups excluding carboxylic acids is 1. The van der Waals surface area contributed by atoms with Gasteiger partial charge in [0.05, 0.1) is 17.1 Å². The number of ether oxygens (including phenoxy) is 1. The molecule has 0 N–H and O–H groups in total. The second-order valence-corrected chi connectivity index (χ2v) is 8.02. The molecule has 1 aliphatic heterocycles. The van der Waals surface area contributed by atoms with Crippen molar-refractivity contribution in [2.45, 2.75) is 17.9 Å². The van der Waals surface area contributed by atoms with Gasteiger partial charge in [-0.1, -0.05) is 29.8 Å². The quantitative estimate of drug-likeness (QED) is 0.840. The minimum absolute atomic E-state index is 0.0652. The van der Waals surface area contributed by atoms with Crippen LogP contribution in [0.3, 0.4) is 0 Å². The van der Waals surface area contributed by atoms with Gasteiger partial charge in [0, 0.05) is 14.1 Å². The molecule has 0 unspecified atom stereocenters. The van der Waals surface area contributed by atoms with Crippen molar-refractivity contribution in [1.82, 2.24) is 4.90 Å². The van der Waals surface area contributed by atoms with Crippen LogP contribution in [0.4, 0.5) is 5.69 Å². The van der Waals surface area contributed by atoms with Gasteiger partial charge in [-0.15, -0.1) is 0 Å². The number of hydrogen-bond donors (Lipinski definition) is 0. The monoisotopic (exact) mass is 360 g/mol. The molecule has 0 bridgehead atoms. The molecule has 0 saturated heterocycles. The van der Waals surface area contributed by atoms with E-state index < -0.39 is 16.1 Å². The Morgan fingerprint density at radius 3 is 2.40 bits per heavy atom. The predicted octanol–water partition coefficient (Wildman–Crippen LogP) is 2.04. The minimum Gasteiger partial charge on any atom is -0.476 e. The third kappa shape index (κ3) is 3.19. The summed E-state index contributed by atoms with van der Waals surface area (Å²) in [6, 6.07) is 13.5. The van der Waals surface area contributed by atoms with E-state index in [1.165, 1.54) is 9.21 Å².